The first kappa shape index (κ1) is 14.9. The largest absolute Gasteiger partial charge is 0.508 e. The van der Waals surface area contributed by atoms with Crippen molar-refractivity contribution < 1.29 is 20.1 Å². The van der Waals surface area contributed by atoms with Crippen LogP contribution in [0.15, 0.2) is 48.5 Å². The molecule has 0 unspecified atom stereocenters. The monoisotopic (exact) mass is 287 g/mol. The molecule has 110 valence electrons. The average molecular weight is 287 g/mol. The number of carbonyl (C=O) groups is 1. The van der Waals surface area contributed by atoms with Crippen LogP contribution < -0.4 is 5.32 Å². The molecule has 0 saturated heterocycles. The Bertz CT molecular complexity index is 593. The Morgan fingerprint density at radius 2 is 1.67 bits per heavy atom. The SMILES string of the molecule is O=C(N[C@H](CO)Cc1ccccc1)c1cc(O)cc(O)c1. The molecule has 0 saturated carbocycles. The Morgan fingerprint density at radius 3 is 2.24 bits per heavy atom. The van der Waals surface area contributed by atoms with Gasteiger partial charge in [0, 0.05) is 11.6 Å². The summed E-state index contributed by atoms with van der Waals surface area (Å²) in [5.74, 6) is -0.844. The molecule has 0 heterocycles. The molecule has 21 heavy (non-hydrogen) atoms. The first-order valence-electron chi connectivity index (χ1n) is 6.57. The number of nitrogens with one attached hydrogen (secondary N) is 1. The van der Waals surface area contributed by atoms with Crippen molar-refractivity contribution in [1.29, 1.82) is 0 Å². The second-order valence-electron chi connectivity index (χ2n) is 4.78. The maximum absolute atomic E-state index is 12.1. The Kier molecular flexibility index (Phi) is 4.79. The van der Waals surface area contributed by atoms with Gasteiger partial charge >= 0.3 is 0 Å². The fourth-order valence-corrected chi connectivity index (χ4v) is 2.05. The fraction of sp³-hybridized carbons (Fsp3) is 0.188. The topological polar surface area (TPSA) is 89.8 Å². The zero-order chi connectivity index (χ0) is 15.2. The van der Waals surface area contributed by atoms with E-state index in [1.54, 1.807) is 0 Å². The number of rotatable bonds is 5. The Morgan fingerprint density at radius 1 is 1.05 bits per heavy atom. The third kappa shape index (κ3) is 4.22. The van der Waals surface area contributed by atoms with Crippen molar-refractivity contribution in [2.75, 3.05) is 6.61 Å². The van der Waals surface area contributed by atoms with Gasteiger partial charge in [-0.25, -0.2) is 0 Å². The van der Waals surface area contributed by atoms with Crippen LogP contribution in [-0.4, -0.2) is 33.9 Å². The second kappa shape index (κ2) is 6.76. The van der Waals surface area contributed by atoms with E-state index in [1.165, 1.54) is 12.1 Å². The maximum Gasteiger partial charge on any atom is 0.251 e. The minimum atomic E-state index is -0.462. The third-order valence-electron chi connectivity index (χ3n) is 3.05. The highest BCUT2D eigenvalue weighted by Crippen LogP contribution is 2.20. The molecule has 5 heteroatoms. The molecule has 2 aromatic rings. The minimum Gasteiger partial charge on any atom is -0.508 e. The smallest absolute Gasteiger partial charge is 0.251 e. The lowest BCUT2D eigenvalue weighted by Crippen LogP contribution is -2.39. The number of aliphatic hydroxyl groups excluding tert-OH is 1. The van der Waals surface area contributed by atoms with Crippen LogP contribution >= 0.6 is 0 Å². The van der Waals surface area contributed by atoms with Gasteiger partial charge in [-0.3, -0.25) is 4.79 Å². The van der Waals surface area contributed by atoms with Crippen LogP contribution in [0.3, 0.4) is 0 Å². The molecule has 0 aliphatic rings. The Balaban J connectivity index is 2.05. The molecule has 4 N–H and O–H groups in total. The number of aliphatic hydroxyl groups is 1. The van der Waals surface area contributed by atoms with Crippen molar-refractivity contribution in [3.05, 3.63) is 59.7 Å². The number of amides is 1. The third-order valence-corrected chi connectivity index (χ3v) is 3.05. The molecule has 0 radical (unpaired) electrons. The van der Waals surface area contributed by atoms with E-state index in [2.05, 4.69) is 5.32 Å². The molecule has 5 nitrogen and oxygen atoms in total. The lowest BCUT2D eigenvalue weighted by atomic mass is 10.1. The van der Waals surface area contributed by atoms with Crippen molar-refractivity contribution >= 4 is 5.91 Å². The van der Waals surface area contributed by atoms with Gasteiger partial charge in [0.15, 0.2) is 0 Å². The van der Waals surface area contributed by atoms with Crippen LogP contribution in [0.1, 0.15) is 15.9 Å². The molecule has 2 rings (SSSR count). The first-order chi connectivity index (χ1) is 10.1. The van der Waals surface area contributed by atoms with Gasteiger partial charge in [0.05, 0.1) is 12.6 Å². The number of hydrogen-bond acceptors (Lipinski definition) is 4. The zero-order valence-corrected chi connectivity index (χ0v) is 11.4. The van der Waals surface area contributed by atoms with E-state index in [9.17, 15) is 20.1 Å². The van der Waals surface area contributed by atoms with E-state index in [0.717, 1.165) is 11.6 Å². The minimum absolute atomic E-state index is 0.138. The zero-order valence-electron chi connectivity index (χ0n) is 11.4. The number of phenols is 2. The van der Waals surface area contributed by atoms with E-state index in [0.29, 0.717) is 6.42 Å². The summed E-state index contributed by atoms with van der Waals surface area (Å²) in [4.78, 5) is 12.1. The molecular weight excluding hydrogens is 270 g/mol. The normalized spacial score (nSPS) is 11.9. The lowest BCUT2D eigenvalue weighted by Gasteiger charge is -2.16. The second-order valence-corrected chi connectivity index (χ2v) is 4.78. The summed E-state index contributed by atoms with van der Waals surface area (Å²) in [5.41, 5.74) is 1.13. The van der Waals surface area contributed by atoms with Crippen molar-refractivity contribution in [2.24, 2.45) is 0 Å². The van der Waals surface area contributed by atoms with Crippen molar-refractivity contribution in [3.8, 4) is 11.5 Å². The van der Waals surface area contributed by atoms with Crippen molar-refractivity contribution in [2.45, 2.75) is 12.5 Å². The summed E-state index contributed by atoms with van der Waals surface area (Å²) in [5, 5.41) is 30.8. The number of carbonyl (C=O) groups excluding carboxylic acids is 1. The van der Waals surface area contributed by atoms with Gasteiger partial charge in [-0.2, -0.15) is 0 Å². The number of benzene rings is 2. The first-order valence-corrected chi connectivity index (χ1v) is 6.57. The van der Waals surface area contributed by atoms with Gasteiger partial charge < -0.3 is 20.6 Å². The van der Waals surface area contributed by atoms with Gasteiger partial charge in [-0.15, -0.1) is 0 Å². The molecule has 0 bridgehead atoms. The molecule has 0 spiro atoms. The predicted molar refractivity (Wildman–Crippen MR) is 78.3 cm³/mol. The van der Waals surface area contributed by atoms with E-state index in [-0.39, 0.29) is 23.7 Å². The van der Waals surface area contributed by atoms with Gasteiger partial charge in [-0.1, -0.05) is 30.3 Å². The summed E-state index contributed by atoms with van der Waals surface area (Å²) in [6.45, 7) is -0.203. The molecule has 0 fully saturated rings. The van der Waals surface area contributed by atoms with Crippen LogP contribution in [0.25, 0.3) is 0 Å². The highest BCUT2D eigenvalue weighted by atomic mass is 16.3. The van der Waals surface area contributed by atoms with E-state index < -0.39 is 11.9 Å². The molecule has 0 aliphatic heterocycles. The van der Waals surface area contributed by atoms with Crippen LogP contribution in [0, 0.1) is 0 Å². The molecule has 1 amide bonds. The fourth-order valence-electron chi connectivity index (χ4n) is 2.05. The van der Waals surface area contributed by atoms with Crippen molar-refractivity contribution in [3.63, 3.8) is 0 Å². The van der Waals surface area contributed by atoms with Gasteiger partial charge in [0.1, 0.15) is 11.5 Å². The summed E-state index contributed by atoms with van der Waals surface area (Å²) < 4.78 is 0. The predicted octanol–water partition coefficient (Wildman–Crippen LogP) is 1.43. The molecular formula is C16H17NO4. The van der Waals surface area contributed by atoms with E-state index in [1.807, 2.05) is 30.3 Å². The lowest BCUT2D eigenvalue weighted by molar-refractivity contribution is 0.0915. The molecule has 0 aliphatic carbocycles. The molecule has 1 atom stereocenters. The number of phenolic OH excluding ortho intramolecular Hbond substituents is 2. The maximum atomic E-state index is 12.1. The van der Waals surface area contributed by atoms with Gasteiger partial charge in [-0.05, 0) is 24.1 Å². The molecule has 0 aromatic heterocycles. The standard InChI is InChI=1S/C16H17NO4/c18-10-13(6-11-4-2-1-3-5-11)17-16(21)12-7-14(19)9-15(20)8-12/h1-5,7-9,13,18-20H,6,10H2,(H,17,21)/t13-/m0/s1. The van der Waals surface area contributed by atoms with Crippen LogP contribution in [0.2, 0.25) is 0 Å². The average Bonchev–Trinajstić information content (AvgIpc) is 2.46. The highest BCUT2D eigenvalue weighted by molar-refractivity contribution is 5.95. The number of hydrogen-bond donors (Lipinski definition) is 4. The van der Waals surface area contributed by atoms with Crippen LogP contribution in [0.5, 0.6) is 11.5 Å². The quantitative estimate of drug-likeness (QED) is 0.669. The Hall–Kier alpha value is -2.53. The van der Waals surface area contributed by atoms with Crippen molar-refractivity contribution in [1.82, 2.24) is 5.32 Å². The summed E-state index contributed by atoms with van der Waals surface area (Å²) in [6, 6.07) is 12.7. The molecule has 2 aromatic carbocycles. The van der Waals surface area contributed by atoms with Gasteiger partial charge in [0.2, 0.25) is 0 Å². The Labute approximate surface area is 122 Å². The van der Waals surface area contributed by atoms with Crippen LogP contribution in [-0.2, 0) is 6.42 Å². The van der Waals surface area contributed by atoms with E-state index >= 15 is 0 Å². The highest BCUT2D eigenvalue weighted by Gasteiger charge is 2.14. The summed E-state index contributed by atoms with van der Waals surface area (Å²) in [7, 11) is 0. The summed E-state index contributed by atoms with van der Waals surface area (Å²) >= 11 is 0. The van der Waals surface area contributed by atoms with E-state index in [4.69, 9.17) is 0 Å². The van der Waals surface area contributed by atoms with Gasteiger partial charge in [0.25, 0.3) is 5.91 Å². The van der Waals surface area contributed by atoms with Crippen LogP contribution in [0.4, 0.5) is 0 Å². The summed E-state index contributed by atoms with van der Waals surface area (Å²) in [6.07, 6.45) is 0.494. The number of aromatic hydroxyl groups is 2.